The molecular weight excluding hydrogens is 362 g/mol. The van der Waals surface area contributed by atoms with E-state index in [9.17, 15) is 10.1 Å². The molecule has 6 heteroatoms. The summed E-state index contributed by atoms with van der Waals surface area (Å²) in [5.74, 6) is -0.115. The Morgan fingerprint density at radius 3 is 2.52 bits per heavy atom. The van der Waals surface area contributed by atoms with Crippen molar-refractivity contribution >= 4 is 11.6 Å². The summed E-state index contributed by atoms with van der Waals surface area (Å²) in [6.07, 6.45) is 0. The Hall–Kier alpha value is -3.43. The number of hydrogen-bond acceptors (Lipinski definition) is 3. The normalized spacial score (nSPS) is 12.8. The first kappa shape index (κ1) is 20.3. The van der Waals surface area contributed by atoms with Gasteiger partial charge in [-0.2, -0.15) is 10.4 Å². The van der Waals surface area contributed by atoms with Gasteiger partial charge in [0.1, 0.15) is 12.6 Å². The summed E-state index contributed by atoms with van der Waals surface area (Å²) in [7, 11) is 2.00. The topological polar surface area (TPSA) is 75.2 Å². The predicted molar refractivity (Wildman–Crippen MR) is 113 cm³/mol. The van der Waals surface area contributed by atoms with Crippen LogP contribution in [0, 0.1) is 25.2 Å². The molecule has 0 radical (unpaired) electrons. The molecule has 148 valence electrons. The Morgan fingerprint density at radius 1 is 1.17 bits per heavy atom. The molecule has 0 saturated heterocycles. The summed E-state index contributed by atoms with van der Waals surface area (Å²) in [5.41, 5.74) is 5.22. The highest BCUT2D eigenvalue weighted by atomic mass is 16.2. The Bertz CT molecular complexity index is 1050. The maximum Gasteiger partial charge on any atom is 0.282 e. The van der Waals surface area contributed by atoms with Gasteiger partial charge in [0.15, 0.2) is 6.04 Å². The zero-order valence-corrected chi connectivity index (χ0v) is 17.2. The van der Waals surface area contributed by atoms with E-state index in [0.29, 0.717) is 17.8 Å². The molecular formula is C23H26N5O+. The van der Waals surface area contributed by atoms with Crippen molar-refractivity contribution in [2.45, 2.75) is 33.4 Å². The van der Waals surface area contributed by atoms with Crippen molar-refractivity contribution in [1.82, 2.24) is 9.78 Å². The number of carbonyl (C=O) groups excluding carboxylic acids is 1. The molecule has 1 heterocycles. The van der Waals surface area contributed by atoms with Crippen molar-refractivity contribution in [2.24, 2.45) is 0 Å². The second-order valence-electron chi connectivity index (χ2n) is 7.29. The number of aromatic nitrogens is 2. The van der Waals surface area contributed by atoms with Gasteiger partial charge in [-0.05, 0) is 45.0 Å². The predicted octanol–water partition coefficient (Wildman–Crippen LogP) is 2.40. The van der Waals surface area contributed by atoms with Crippen molar-refractivity contribution in [3.8, 4) is 11.8 Å². The Balaban J connectivity index is 1.74. The number of nitrogens with one attached hydrogen (secondary N) is 2. The van der Waals surface area contributed by atoms with Crippen LogP contribution in [0.4, 0.5) is 5.69 Å². The van der Waals surface area contributed by atoms with Crippen LogP contribution in [0.1, 0.15) is 29.4 Å². The smallest absolute Gasteiger partial charge is 0.282 e. The van der Waals surface area contributed by atoms with E-state index in [2.05, 4.69) is 18.3 Å². The third-order valence-corrected chi connectivity index (χ3v) is 5.34. The van der Waals surface area contributed by atoms with E-state index in [0.717, 1.165) is 27.5 Å². The maximum atomic E-state index is 12.7. The van der Waals surface area contributed by atoms with E-state index in [4.69, 9.17) is 5.10 Å². The van der Waals surface area contributed by atoms with Crippen LogP contribution in [-0.4, -0.2) is 28.8 Å². The number of likely N-dealkylation sites (N-methyl/N-ethyl adjacent to an activating group) is 1. The van der Waals surface area contributed by atoms with Crippen LogP contribution in [0.25, 0.3) is 5.69 Å². The van der Waals surface area contributed by atoms with E-state index >= 15 is 0 Å². The molecule has 0 bridgehead atoms. The van der Waals surface area contributed by atoms with Crippen molar-refractivity contribution in [1.29, 1.82) is 5.26 Å². The van der Waals surface area contributed by atoms with E-state index in [1.807, 2.05) is 62.0 Å². The SMILES string of the molecule is Cc1nn(-c2ccccc2)c(C)c1C[NH+](C)[C@H](C)C(=O)Nc1ccccc1C#N. The van der Waals surface area contributed by atoms with Gasteiger partial charge in [0.25, 0.3) is 5.91 Å². The molecule has 1 unspecified atom stereocenters. The maximum absolute atomic E-state index is 12.7. The van der Waals surface area contributed by atoms with Crippen LogP contribution in [0.3, 0.4) is 0 Å². The van der Waals surface area contributed by atoms with Gasteiger partial charge in [0.05, 0.1) is 40.9 Å². The Labute approximate surface area is 171 Å². The van der Waals surface area contributed by atoms with Gasteiger partial charge in [-0.25, -0.2) is 4.68 Å². The second-order valence-corrected chi connectivity index (χ2v) is 7.29. The standard InChI is InChI=1S/C23H25N5O/c1-16-21(17(2)28(26-16)20-11-6-5-7-12-20)15-27(4)18(3)23(29)25-22-13-9-8-10-19(22)14-24/h5-13,18H,15H2,1-4H3,(H,25,29)/p+1/t18-/m1/s1. The quantitative estimate of drug-likeness (QED) is 0.681. The van der Waals surface area contributed by atoms with Crippen molar-refractivity contribution in [3.63, 3.8) is 0 Å². The van der Waals surface area contributed by atoms with Crippen LogP contribution >= 0.6 is 0 Å². The lowest BCUT2D eigenvalue weighted by molar-refractivity contribution is -0.907. The Kier molecular flexibility index (Phi) is 6.10. The monoisotopic (exact) mass is 388 g/mol. The number of benzene rings is 2. The van der Waals surface area contributed by atoms with Gasteiger partial charge >= 0.3 is 0 Å². The average molecular weight is 388 g/mol. The molecule has 0 spiro atoms. The van der Waals surface area contributed by atoms with Crippen molar-refractivity contribution in [2.75, 3.05) is 12.4 Å². The van der Waals surface area contributed by atoms with Gasteiger partial charge in [0.2, 0.25) is 0 Å². The summed E-state index contributed by atoms with van der Waals surface area (Å²) in [6, 6.07) is 18.9. The third-order valence-electron chi connectivity index (χ3n) is 5.34. The molecule has 0 aliphatic carbocycles. The molecule has 1 amide bonds. The van der Waals surface area contributed by atoms with Gasteiger partial charge in [0, 0.05) is 0 Å². The van der Waals surface area contributed by atoms with Crippen LogP contribution in [0.2, 0.25) is 0 Å². The average Bonchev–Trinajstić information content (AvgIpc) is 3.02. The molecule has 0 saturated carbocycles. The van der Waals surface area contributed by atoms with Crippen LogP contribution in [0.15, 0.2) is 54.6 Å². The summed E-state index contributed by atoms with van der Waals surface area (Å²) in [5, 5.41) is 16.8. The molecule has 0 aliphatic heterocycles. The first-order valence-electron chi connectivity index (χ1n) is 9.65. The number of quaternary nitrogens is 1. The van der Waals surface area contributed by atoms with E-state index < -0.39 is 0 Å². The number of para-hydroxylation sites is 2. The molecule has 1 aromatic heterocycles. The minimum Gasteiger partial charge on any atom is -0.324 e. The molecule has 2 atom stereocenters. The highest BCUT2D eigenvalue weighted by Crippen LogP contribution is 2.17. The summed E-state index contributed by atoms with van der Waals surface area (Å²) >= 11 is 0. The number of hydrogen-bond donors (Lipinski definition) is 2. The van der Waals surface area contributed by atoms with Crippen molar-refractivity contribution in [3.05, 3.63) is 77.1 Å². The fraction of sp³-hybridized carbons (Fsp3) is 0.261. The fourth-order valence-electron chi connectivity index (χ4n) is 3.34. The molecule has 2 aromatic carbocycles. The van der Waals surface area contributed by atoms with E-state index in [-0.39, 0.29) is 11.9 Å². The third kappa shape index (κ3) is 4.36. The number of aryl methyl sites for hydroxylation is 1. The summed E-state index contributed by atoms with van der Waals surface area (Å²) in [6.45, 7) is 6.64. The number of carbonyl (C=O) groups is 1. The molecule has 3 rings (SSSR count). The number of amides is 1. The minimum atomic E-state index is -0.291. The molecule has 2 N–H and O–H groups in total. The van der Waals surface area contributed by atoms with E-state index in [1.54, 1.807) is 18.2 Å². The zero-order valence-electron chi connectivity index (χ0n) is 17.2. The van der Waals surface area contributed by atoms with Crippen LogP contribution in [-0.2, 0) is 11.3 Å². The van der Waals surface area contributed by atoms with Gasteiger partial charge < -0.3 is 10.2 Å². The lowest BCUT2D eigenvalue weighted by Crippen LogP contribution is -3.12. The first-order chi connectivity index (χ1) is 13.9. The lowest BCUT2D eigenvalue weighted by atomic mass is 10.1. The molecule has 0 aliphatic rings. The lowest BCUT2D eigenvalue weighted by Gasteiger charge is -2.21. The largest absolute Gasteiger partial charge is 0.324 e. The van der Waals surface area contributed by atoms with E-state index in [1.165, 1.54) is 0 Å². The first-order valence-corrected chi connectivity index (χ1v) is 9.65. The minimum absolute atomic E-state index is 0.115. The summed E-state index contributed by atoms with van der Waals surface area (Å²) in [4.78, 5) is 13.8. The summed E-state index contributed by atoms with van der Waals surface area (Å²) < 4.78 is 1.95. The van der Waals surface area contributed by atoms with Crippen LogP contribution < -0.4 is 10.2 Å². The highest BCUT2D eigenvalue weighted by molar-refractivity contribution is 5.94. The number of nitrogens with zero attached hydrogens (tertiary/aromatic N) is 3. The molecule has 3 aromatic rings. The number of rotatable bonds is 6. The van der Waals surface area contributed by atoms with Crippen molar-refractivity contribution < 1.29 is 9.69 Å². The molecule has 29 heavy (non-hydrogen) atoms. The zero-order chi connectivity index (χ0) is 21.0. The number of anilines is 1. The van der Waals surface area contributed by atoms with Gasteiger partial charge in [-0.1, -0.05) is 30.3 Å². The Morgan fingerprint density at radius 2 is 1.83 bits per heavy atom. The van der Waals surface area contributed by atoms with Gasteiger partial charge in [-0.3, -0.25) is 4.79 Å². The van der Waals surface area contributed by atoms with Crippen LogP contribution in [0.5, 0.6) is 0 Å². The van der Waals surface area contributed by atoms with Gasteiger partial charge in [-0.15, -0.1) is 0 Å². The molecule has 0 fully saturated rings. The second kappa shape index (κ2) is 8.72. The molecule has 6 nitrogen and oxygen atoms in total. The number of nitriles is 1. The highest BCUT2D eigenvalue weighted by Gasteiger charge is 2.25. The fourth-order valence-corrected chi connectivity index (χ4v) is 3.34.